The van der Waals surface area contributed by atoms with Gasteiger partial charge in [0.15, 0.2) is 0 Å². The predicted octanol–water partition coefficient (Wildman–Crippen LogP) is 7.18. The first kappa shape index (κ1) is 20.5. The SMILES string of the molecule is CC1(c2ccc(-c3ccc(F)cc3/C=C\c3ccc(CCCC(=O)O)cc3)s2)CC1. The minimum absolute atomic E-state index is 0.188. The Morgan fingerprint density at radius 2 is 1.87 bits per heavy atom. The zero-order valence-corrected chi connectivity index (χ0v) is 17.8. The van der Waals surface area contributed by atoms with Crippen LogP contribution in [0.1, 0.15) is 54.2 Å². The van der Waals surface area contributed by atoms with E-state index in [4.69, 9.17) is 5.11 Å². The van der Waals surface area contributed by atoms with Crippen molar-refractivity contribution >= 4 is 29.5 Å². The first-order valence-corrected chi connectivity index (χ1v) is 11.1. The van der Waals surface area contributed by atoms with Crippen LogP contribution < -0.4 is 0 Å². The Morgan fingerprint density at radius 3 is 2.57 bits per heavy atom. The van der Waals surface area contributed by atoms with Crippen LogP contribution in [0.4, 0.5) is 4.39 Å². The summed E-state index contributed by atoms with van der Waals surface area (Å²) in [5.74, 6) is -0.998. The molecular formula is C26H25FO2S. The van der Waals surface area contributed by atoms with Gasteiger partial charge in [0.1, 0.15) is 5.82 Å². The van der Waals surface area contributed by atoms with Crippen LogP contribution in [0.5, 0.6) is 0 Å². The number of aryl methyl sites for hydroxylation is 1. The van der Waals surface area contributed by atoms with E-state index >= 15 is 0 Å². The minimum Gasteiger partial charge on any atom is -0.481 e. The summed E-state index contributed by atoms with van der Waals surface area (Å²) in [6.45, 7) is 2.30. The van der Waals surface area contributed by atoms with E-state index in [1.807, 2.05) is 53.8 Å². The van der Waals surface area contributed by atoms with Gasteiger partial charge in [0.25, 0.3) is 0 Å². The zero-order chi connectivity index (χ0) is 21.1. The van der Waals surface area contributed by atoms with E-state index in [2.05, 4.69) is 19.1 Å². The first-order valence-electron chi connectivity index (χ1n) is 10.3. The van der Waals surface area contributed by atoms with Crippen LogP contribution in [0.3, 0.4) is 0 Å². The fraction of sp³-hybridized carbons (Fsp3) is 0.269. The molecule has 1 fully saturated rings. The predicted molar refractivity (Wildman–Crippen MR) is 122 cm³/mol. The highest BCUT2D eigenvalue weighted by Crippen LogP contribution is 2.51. The molecule has 4 heteroatoms. The van der Waals surface area contributed by atoms with Crippen molar-refractivity contribution in [2.45, 2.75) is 44.4 Å². The van der Waals surface area contributed by atoms with Crippen molar-refractivity contribution in [3.05, 3.63) is 82.0 Å². The normalized spacial score (nSPS) is 14.9. The van der Waals surface area contributed by atoms with Gasteiger partial charge in [0.2, 0.25) is 0 Å². The van der Waals surface area contributed by atoms with Crippen molar-refractivity contribution in [3.8, 4) is 10.4 Å². The molecule has 0 saturated heterocycles. The maximum atomic E-state index is 13.9. The lowest BCUT2D eigenvalue weighted by Crippen LogP contribution is -1.95. The van der Waals surface area contributed by atoms with Crippen molar-refractivity contribution in [2.24, 2.45) is 0 Å². The lowest BCUT2D eigenvalue weighted by molar-refractivity contribution is -0.137. The smallest absolute Gasteiger partial charge is 0.303 e. The Balaban J connectivity index is 1.51. The summed E-state index contributed by atoms with van der Waals surface area (Å²) in [5, 5.41) is 8.75. The topological polar surface area (TPSA) is 37.3 Å². The van der Waals surface area contributed by atoms with Gasteiger partial charge in [0.05, 0.1) is 0 Å². The molecule has 0 aliphatic heterocycles. The average molecular weight is 421 g/mol. The standard InChI is InChI=1S/C26H25FO2S/c1-26(15-16-26)24-14-13-23(30-24)22-12-11-21(27)17-20(22)10-9-19-7-5-18(6-8-19)3-2-4-25(28)29/h5-14,17H,2-4,15-16H2,1H3,(H,28,29)/b10-9-. The third-order valence-electron chi connectivity index (χ3n) is 5.77. The molecule has 0 spiro atoms. The van der Waals surface area contributed by atoms with Gasteiger partial charge in [-0.2, -0.15) is 0 Å². The third kappa shape index (κ3) is 4.88. The van der Waals surface area contributed by atoms with Gasteiger partial charge in [-0.05, 0) is 72.2 Å². The highest BCUT2D eigenvalue weighted by atomic mass is 32.1. The summed E-state index contributed by atoms with van der Waals surface area (Å²) >= 11 is 1.81. The lowest BCUT2D eigenvalue weighted by atomic mass is 10.0. The van der Waals surface area contributed by atoms with E-state index in [1.54, 1.807) is 6.07 Å². The fourth-order valence-corrected chi connectivity index (χ4v) is 4.82. The zero-order valence-electron chi connectivity index (χ0n) is 17.0. The third-order valence-corrected chi connectivity index (χ3v) is 7.20. The first-order chi connectivity index (χ1) is 14.4. The fourth-order valence-electron chi connectivity index (χ4n) is 3.56. The molecule has 1 N–H and O–H groups in total. The number of benzene rings is 2. The van der Waals surface area contributed by atoms with Gasteiger partial charge in [-0.1, -0.05) is 49.4 Å². The van der Waals surface area contributed by atoms with E-state index in [0.717, 1.165) is 28.7 Å². The van der Waals surface area contributed by atoms with Gasteiger partial charge in [-0.3, -0.25) is 4.79 Å². The lowest BCUT2D eigenvalue weighted by Gasteiger charge is -2.06. The highest BCUT2D eigenvalue weighted by Gasteiger charge is 2.40. The number of hydrogen-bond acceptors (Lipinski definition) is 2. The van der Waals surface area contributed by atoms with E-state index in [9.17, 15) is 9.18 Å². The molecule has 2 nitrogen and oxygen atoms in total. The van der Waals surface area contributed by atoms with Crippen LogP contribution in [0.25, 0.3) is 22.6 Å². The van der Waals surface area contributed by atoms with E-state index in [-0.39, 0.29) is 12.2 Å². The Bertz CT molecular complexity index is 1070. The second kappa shape index (κ2) is 8.57. The summed E-state index contributed by atoms with van der Waals surface area (Å²) in [5.41, 5.74) is 4.42. The highest BCUT2D eigenvalue weighted by molar-refractivity contribution is 7.15. The van der Waals surface area contributed by atoms with Crippen molar-refractivity contribution in [2.75, 3.05) is 0 Å². The summed E-state index contributed by atoms with van der Waals surface area (Å²) in [6, 6.07) is 17.4. The Kier molecular flexibility index (Phi) is 5.87. The molecule has 154 valence electrons. The molecule has 1 heterocycles. The number of carbonyl (C=O) groups is 1. The summed E-state index contributed by atoms with van der Waals surface area (Å²) in [7, 11) is 0. The molecule has 1 saturated carbocycles. The summed E-state index contributed by atoms with van der Waals surface area (Å²) in [4.78, 5) is 13.2. The Morgan fingerprint density at radius 1 is 1.10 bits per heavy atom. The molecule has 4 rings (SSSR count). The minimum atomic E-state index is -0.760. The van der Waals surface area contributed by atoms with Crippen molar-refractivity contribution in [1.82, 2.24) is 0 Å². The maximum absolute atomic E-state index is 13.9. The van der Waals surface area contributed by atoms with Crippen LogP contribution in [0.2, 0.25) is 0 Å². The number of carboxylic acids is 1. The van der Waals surface area contributed by atoms with Gasteiger partial charge < -0.3 is 5.11 Å². The van der Waals surface area contributed by atoms with Crippen LogP contribution in [-0.2, 0) is 16.6 Å². The second-order valence-corrected chi connectivity index (χ2v) is 9.36. The Hall–Kier alpha value is -2.72. The van der Waals surface area contributed by atoms with E-state index < -0.39 is 5.97 Å². The van der Waals surface area contributed by atoms with Crippen LogP contribution in [0, 0.1) is 5.82 Å². The molecule has 0 atom stereocenters. The number of aliphatic carboxylic acids is 1. The Labute approximate surface area is 180 Å². The molecule has 30 heavy (non-hydrogen) atoms. The molecule has 3 aromatic rings. The molecule has 1 aliphatic carbocycles. The molecule has 0 radical (unpaired) electrons. The summed E-state index contributed by atoms with van der Waals surface area (Å²) < 4.78 is 13.9. The van der Waals surface area contributed by atoms with E-state index in [0.29, 0.717) is 11.8 Å². The van der Waals surface area contributed by atoms with E-state index in [1.165, 1.54) is 28.7 Å². The molecule has 1 aromatic heterocycles. The second-order valence-electron chi connectivity index (χ2n) is 8.28. The molecular weight excluding hydrogens is 395 g/mol. The van der Waals surface area contributed by atoms with Crippen LogP contribution in [0.15, 0.2) is 54.6 Å². The number of thiophene rings is 1. The van der Waals surface area contributed by atoms with Crippen LogP contribution >= 0.6 is 11.3 Å². The van der Waals surface area contributed by atoms with Gasteiger partial charge in [-0.25, -0.2) is 4.39 Å². The molecule has 2 aromatic carbocycles. The number of rotatable bonds is 8. The number of hydrogen-bond donors (Lipinski definition) is 1. The molecule has 0 unspecified atom stereocenters. The maximum Gasteiger partial charge on any atom is 0.303 e. The van der Waals surface area contributed by atoms with Gasteiger partial charge >= 0.3 is 5.97 Å². The van der Waals surface area contributed by atoms with Crippen molar-refractivity contribution in [3.63, 3.8) is 0 Å². The van der Waals surface area contributed by atoms with Crippen LogP contribution in [-0.4, -0.2) is 11.1 Å². The van der Waals surface area contributed by atoms with Crippen molar-refractivity contribution in [1.29, 1.82) is 0 Å². The molecule has 0 bridgehead atoms. The van der Waals surface area contributed by atoms with Gasteiger partial charge in [-0.15, -0.1) is 11.3 Å². The van der Waals surface area contributed by atoms with Crippen molar-refractivity contribution < 1.29 is 14.3 Å². The molecule has 0 amide bonds. The molecule has 1 aliphatic rings. The largest absolute Gasteiger partial charge is 0.481 e. The monoisotopic (exact) mass is 420 g/mol. The average Bonchev–Trinajstić information content (AvgIpc) is 3.27. The number of halogens is 1. The van der Waals surface area contributed by atoms with Gasteiger partial charge in [0, 0.05) is 21.6 Å². The quantitative estimate of drug-likeness (QED) is 0.392. The number of carboxylic acid groups (broad SMARTS) is 1. The summed E-state index contributed by atoms with van der Waals surface area (Å²) in [6.07, 6.45) is 8.04.